The minimum absolute atomic E-state index is 0.119. The molecule has 0 aromatic carbocycles. The van der Waals surface area contributed by atoms with Crippen molar-refractivity contribution in [3.05, 3.63) is 12.2 Å². The lowest BCUT2D eigenvalue weighted by Crippen LogP contribution is -2.53. The lowest BCUT2D eigenvalue weighted by Gasteiger charge is -2.55. The summed E-state index contributed by atoms with van der Waals surface area (Å²) in [6.07, 6.45) is 10.4. The van der Waals surface area contributed by atoms with Crippen LogP contribution in [0.3, 0.4) is 0 Å². The number of ether oxygens (including phenoxy) is 5. The summed E-state index contributed by atoms with van der Waals surface area (Å²) < 4.78 is 30.0. The van der Waals surface area contributed by atoms with Gasteiger partial charge in [0.1, 0.15) is 29.8 Å². The maximum atomic E-state index is 13.0. The van der Waals surface area contributed by atoms with E-state index in [0.717, 1.165) is 19.3 Å². The average Bonchev–Trinajstić information content (AvgIpc) is 3.44. The van der Waals surface area contributed by atoms with E-state index in [9.17, 15) is 9.59 Å². The molecule has 5 aliphatic rings. The number of imidazole rings is 1. The SMILES string of the molecule is C#C[C@]1(COC(=O)OC23CC4CC(CC(C4)C2)C3)O[C@@H](n2cnc3c(N)nc(C)nc32)C[C@@H]1OC(=O)OCC. The number of hydrogen-bond acceptors (Lipinski definition) is 11. The Hall–Kier alpha value is -3.59. The molecule has 39 heavy (non-hydrogen) atoms. The summed E-state index contributed by atoms with van der Waals surface area (Å²) in [5.74, 6) is 5.08. The van der Waals surface area contributed by atoms with E-state index in [0.29, 0.717) is 34.7 Å². The molecule has 3 atom stereocenters. The van der Waals surface area contributed by atoms with E-state index < -0.39 is 35.8 Å². The molecular weight excluding hydrogens is 506 g/mol. The summed E-state index contributed by atoms with van der Waals surface area (Å²) in [4.78, 5) is 38.2. The average molecular weight is 540 g/mol. The molecule has 1 saturated heterocycles. The highest BCUT2D eigenvalue weighted by Gasteiger charge is 2.55. The van der Waals surface area contributed by atoms with Gasteiger partial charge in [-0.25, -0.2) is 24.5 Å². The fourth-order valence-electron chi connectivity index (χ4n) is 7.41. The maximum Gasteiger partial charge on any atom is 0.508 e. The molecule has 12 nitrogen and oxygen atoms in total. The van der Waals surface area contributed by atoms with Gasteiger partial charge in [0, 0.05) is 6.42 Å². The zero-order chi connectivity index (χ0) is 27.4. The van der Waals surface area contributed by atoms with E-state index in [1.807, 2.05) is 0 Å². The molecule has 0 amide bonds. The molecule has 4 saturated carbocycles. The smallest absolute Gasteiger partial charge is 0.435 e. The van der Waals surface area contributed by atoms with Gasteiger partial charge in [-0.3, -0.25) is 4.57 Å². The van der Waals surface area contributed by atoms with Gasteiger partial charge in [0.25, 0.3) is 0 Å². The number of aromatic nitrogens is 4. The molecule has 2 N–H and O–H groups in total. The lowest BCUT2D eigenvalue weighted by molar-refractivity contribution is -0.152. The summed E-state index contributed by atoms with van der Waals surface area (Å²) >= 11 is 0. The molecule has 5 fully saturated rings. The number of nitrogens with zero attached hydrogens (tertiary/aromatic N) is 4. The van der Waals surface area contributed by atoms with Crippen LogP contribution >= 0.6 is 0 Å². The van der Waals surface area contributed by atoms with Crippen molar-refractivity contribution >= 4 is 29.3 Å². The van der Waals surface area contributed by atoms with E-state index in [-0.39, 0.29) is 25.5 Å². The second-order valence-electron chi connectivity index (χ2n) is 11.4. The first-order valence-corrected chi connectivity index (χ1v) is 13.5. The van der Waals surface area contributed by atoms with Gasteiger partial charge < -0.3 is 29.4 Å². The number of aryl methyl sites for hydroxylation is 1. The molecule has 12 heteroatoms. The van der Waals surface area contributed by atoms with Crippen molar-refractivity contribution in [3.63, 3.8) is 0 Å². The van der Waals surface area contributed by atoms with E-state index in [1.165, 1.54) is 25.6 Å². The van der Waals surface area contributed by atoms with Crippen molar-refractivity contribution in [1.29, 1.82) is 0 Å². The highest BCUT2D eigenvalue weighted by molar-refractivity contribution is 5.81. The van der Waals surface area contributed by atoms with Crippen molar-refractivity contribution in [2.45, 2.75) is 82.3 Å². The molecule has 7 rings (SSSR count). The zero-order valence-electron chi connectivity index (χ0n) is 22.1. The van der Waals surface area contributed by atoms with Crippen molar-refractivity contribution < 1.29 is 33.3 Å². The quantitative estimate of drug-likeness (QED) is 0.423. The van der Waals surface area contributed by atoms with Crippen LogP contribution in [0.1, 0.15) is 63.9 Å². The Bertz CT molecular complexity index is 1300. The summed E-state index contributed by atoms with van der Waals surface area (Å²) in [5.41, 5.74) is 4.80. The molecule has 3 heterocycles. The number of nitrogen functional groups attached to an aromatic ring is 1. The molecule has 0 radical (unpaired) electrons. The number of fused-ring (bicyclic) bond motifs is 1. The minimum atomic E-state index is -1.60. The first-order chi connectivity index (χ1) is 18.7. The van der Waals surface area contributed by atoms with Gasteiger partial charge in [0.05, 0.1) is 12.9 Å². The highest BCUT2D eigenvalue weighted by atomic mass is 16.8. The van der Waals surface area contributed by atoms with Crippen LogP contribution in [0.4, 0.5) is 15.4 Å². The number of hydrogen-bond donors (Lipinski definition) is 1. The van der Waals surface area contributed by atoms with Gasteiger partial charge in [-0.05, 0) is 70.1 Å². The van der Waals surface area contributed by atoms with Crippen LogP contribution in [-0.2, 0) is 23.7 Å². The van der Waals surface area contributed by atoms with Crippen LogP contribution in [-0.4, -0.2) is 62.3 Å². The van der Waals surface area contributed by atoms with Crippen LogP contribution in [0.25, 0.3) is 11.2 Å². The van der Waals surface area contributed by atoms with Crippen LogP contribution in [0.2, 0.25) is 0 Å². The highest BCUT2D eigenvalue weighted by Crippen LogP contribution is 2.57. The van der Waals surface area contributed by atoms with Crippen molar-refractivity contribution in [2.75, 3.05) is 18.9 Å². The van der Waals surface area contributed by atoms with Crippen LogP contribution in [0, 0.1) is 37.0 Å². The van der Waals surface area contributed by atoms with Crippen molar-refractivity contribution in [1.82, 2.24) is 19.5 Å². The molecule has 2 aromatic heterocycles. The fourth-order valence-corrected chi connectivity index (χ4v) is 7.41. The maximum absolute atomic E-state index is 13.0. The second-order valence-corrected chi connectivity index (χ2v) is 11.4. The standard InChI is InChI=1S/C27H33N5O7/c1-4-27(13-36-25(34)39-26-10-16-6-17(11-26)8-18(7-16)12-26)19(37-24(33)35-5-2)9-20(38-27)32-14-29-21-22(28)30-15(3)31-23(21)32/h1,14,16-20H,5-13H2,2-3H3,(H2,28,30,31)/t16?,17?,18?,19-,20+,26?,27+/m0/s1. The van der Waals surface area contributed by atoms with Gasteiger partial charge >= 0.3 is 12.3 Å². The van der Waals surface area contributed by atoms with Crippen LogP contribution in [0.15, 0.2) is 6.33 Å². The first-order valence-electron chi connectivity index (χ1n) is 13.5. The second kappa shape index (κ2) is 9.55. The predicted octanol–water partition coefficient (Wildman–Crippen LogP) is 3.67. The van der Waals surface area contributed by atoms with Gasteiger partial charge in [-0.15, -0.1) is 6.42 Å². The largest absolute Gasteiger partial charge is 0.508 e. The molecular formula is C27H33N5O7. The number of anilines is 1. The number of carbonyl (C=O) groups excluding carboxylic acids is 2. The summed E-state index contributed by atoms with van der Waals surface area (Å²) in [6, 6.07) is 0. The molecule has 1 aliphatic heterocycles. The minimum Gasteiger partial charge on any atom is -0.435 e. The Morgan fingerprint density at radius 2 is 1.82 bits per heavy atom. The van der Waals surface area contributed by atoms with E-state index in [2.05, 4.69) is 20.9 Å². The number of rotatable bonds is 6. The van der Waals surface area contributed by atoms with Gasteiger partial charge in [0.15, 0.2) is 17.6 Å². The van der Waals surface area contributed by atoms with Crippen molar-refractivity contribution in [3.8, 4) is 12.3 Å². The Balaban J connectivity index is 1.21. The molecule has 0 spiro atoms. The summed E-state index contributed by atoms with van der Waals surface area (Å²) in [7, 11) is 0. The Morgan fingerprint density at radius 3 is 2.46 bits per heavy atom. The van der Waals surface area contributed by atoms with Crippen LogP contribution < -0.4 is 5.73 Å². The third-order valence-electron chi connectivity index (χ3n) is 8.58. The monoisotopic (exact) mass is 539 g/mol. The zero-order valence-corrected chi connectivity index (χ0v) is 22.1. The lowest BCUT2D eigenvalue weighted by atomic mass is 9.54. The topological polar surface area (TPSA) is 150 Å². The van der Waals surface area contributed by atoms with E-state index in [4.69, 9.17) is 35.8 Å². The number of carbonyl (C=O) groups is 2. The Morgan fingerprint density at radius 1 is 1.13 bits per heavy atom. The van der Waals surface area contributed by atoms with Gasteiger partial charge in [0.2, 0.25) is 5.60 Å². The fraction of sp³-hybridized carbons (Fsp3) is 0.667. The molecule has 4 aliphatic carbocycles. The molecule has 208 valence electrons. The van der Waals surface area contributed by atoms with E-state index in [1.54, 1.807) is 18.4 Å². The first kappa shape index (κ1) is 25.7. The van der Waals surface area contributed by atoms with Gasteiger partial charge in [-0.1, -0.05) is 5.92 Å². The summed E-state index contributed by atoms with van der Waals surface area (Å²) in [6.45, 7) is 3.12. The third-order valence-corrected chi connectivity index (χ3v) is 8.58. The number of nitrogens with two attached hydrogens (primary N) is 1. The molecule has 4 bridgehead atoms. The van der Waals surface area contributed by atoms with E-state index >= 15 is 0 Å². The van der Waals surface area contributed by atoms with Crippen LogP contribution in [0.5, 0.6) is 0 Å². The Labute approximate surface area is 225 Å². The predicted molar refractivity (Wildman–Crippen MR) is 136 cm³/mol. The van der Waals surface area contributed by atoms with Crippen molar-refractivity contribution in [2.24, 2.45) is 17.8 Å². The normalized spacial score (nSPS) is 34.5. The Kier molecular flexibility index (Phi) is 6.29. The molecule has 2 aromatic rings. The van der Waals surface area contributed by atoms with Gasteiger partial charge in [-0.2, -0.15) is 0 Å². The summed E-state index contributed by atoms with van der Waals surface area (Å²) in [5, 5.41) is 0. The molecule has 0 unspecified atom stereocenters. The third kappa shape index (κ3) is 4.62. The number of terminal acetylenes is 1.